The summed E-state index contributed by atoms with van der Waals surface area (Å²) in [6.07, 6.45) is -0.772. The Labute approximate surface area is 108 Å². The standard InChI is InChI=1S/C9H12Cl2N2O2S/c1-5(13-2-3-15-9(12)14)6-4-7(10)16-8(6)11/h4-5,13H,2-3H2,1H3,(H2,12,14). The van der Waals surface area contributed by atoms with Crippen molar-refractivity contribution in [3.63, 3.8) is 0 Å². The fourth-order valence-corrected chi connectivity index (χ4v) is 2.83. The predicted octanol–water partition coefficient (Wildman–Crippen LogP) is 2.80. The zero-order valence-corrected chi connectivity index (χ0v) is 11.0. The lowest BCUT2D eigenvalue weighted by atomic mass is 10.2. The molecule has 0 fully saturated rings. The fourth-order valence-electron chi connectivity index (χ4n) is 1.19. The van der Waals surface area contributed by atoms with Gasteiger partial charge in [-0.25, -0.2) is 4.79 Å². The van der Waals surface area contributed by atoms with E-state index in [9.17, 15) is 4.79 Å². The third kappa shape index (κ3) is 4.17. The van der Waals surface area contributed by atoms with Gasteiger partial charge >= 0.3 is 6.09 Å². The number of halogens is 2. The van der Waals surface area contributed by atoms with Crippen LogP contribution in [0, 0.1) is 0 Å². The van der Waals surface area contributed by atoms with Crippen molar-refractivity contribution in [3.8, 4) is 0 Å². The van der Waals surface area contributed by atoms with Gasteiger partial charge in [-0.2, -0.15) is 0 Å². The number of nitrogens with two attached hydrogens (primary N) is 1. The molecule has 0 aromatic carbocycles. The first-order chi connectivity index (χ1) is 7.50. The average Bonchev–Trinajstić information content (AvgIpc) is 2.52. The molecule has 0 aliphatic carbocycles. The third-order valence-electron chi connectivity index (χ3n) is 1.95. The van der Waals surface area contributed by atoms with Crippen molar-refractivity contribution in [2.45, 2.75) is 13.0 Å². The lowest BCUT2D eigenvalue weighted by Gasteiger charge is -2.12. The van der Waals surface area contributed by atoms with E-state index in [4.69, 9.17) is 28.9 Å². The normalized spacial score (nSPS) is 12.4. The minimum Gasteiger partial charge on any atom is -0.448 e. The molecule has 0 aliphatic heterocycles. The Bertz CT molecular complexity index is 370. The molecule has 0 radical (unpaired) electrons. The van der Waals surface area contributed by atoms with E-state index < -0.39 is 6.09 Å². The van der Waals surface area contributed by atoms with Gasteiger partial charge in [-0.3, -0.25) is 0 Å². The number of nitrogens with one attached hydrogen (secondary N) is 1. The van der Waals surface area contributed by atoms with Crippen LogP contribution in [0.4, 0.5) is 4.79 Å². The maximum Gasteiger partial charge on any atom is 0.404 e. The van der Waals surface area contributed by atoms with Crippen LogP contribution < -0.4 is 11.1 Å². The highest BCUT2D eigenvalue weighted by Crippen LogP contribution is 2.34. The van der Waals surface area contributed by atoms with Crippen molar-refractivity contribution < 1.29 is 9.53 Å². The van der Waals surface area contributed by atoms with Gasteiger partial charge < -0.3 is 15.8 Å². The molecule has 0 aliphatic rings. The Kier molecular flexibility index (Phi) is 5.34. The van der Waals surface area contributed by atoms with E-state index in [0.717, 1.165) is 5.56 Å². The molecule has 0 saturated heterocycles. The number of ether oxygens (including phenoxy) is 1. The smallest absolute Gasteiger partial charge is 0.404 e. The first-order valence-corrected chi connectivity index (χ1v) is 6.18. The predicted molar refractivity (Wildman–Crippen MR) is 66.3 cm³/mol. The third-order valence-corrected chi connectivity index (χ3v) is 3.46. The second-order valence-corrected chi connectivity index (χ2v) is 5.41. The first kappa shape index (κ1) is 13.6. The highest BCUT2D eigenvalue weighted by molar-refractivity contribution is 7.20. The molecule has 0 spiro atoms. The molecular weight excluding hydrogens is 271 g/mol. The van der Waals surface area contributed by atoms with Crippen LogP contribution in [0.25, 0.3) is 0 Å². The van der Waals surface area contributed by atoms with Gasteiger partial charge in [-0.05, 0) is 18.6 Å². The summed E-state index contributed by atoms with van der Waals surface area (Å²) in [4.78, 5) is 10.3. The molecular formula is C9H12Cl2N2O2S. The number of hydrogen-bond donors (Lipinski definition) is 2. The zero-order valence-electron chi connectivity index (χ0n) is 8.63. The molecule has 4 nitrogen and oxygen atoms in total. The summed E-state index contributed by atoms with van der Waals surface area (Å²) >= 11 is 13.2. The van der Waals surface area contributed by atoms with Crippen molar-refractivity contribution in [3.05, 3.63) is 20.3 Å². The van der Waals surface area contributed by atoms with E-state index in [2.05, 4.69) is 10.1 Å². The van der Waals surface area contributed by atoms with Gasteiger partial charge in [-0.15, -0.1) is 11.3 Å². The summed E-state index contributed by atoms with van der Waals surface area (Å²) in [5.41, 5.74) is 5.76. The van der Waals surface area contributed by atoms with Crippen LogP contribution in [-0.2, 0) is 4.74 Å². The molecule has 1 aromatic rings. The number of carbonyl (C=O) groups excluding carboxylic acids is 1. The Hall–Kier alpha value is -0.490. The lowest BCUT2D eigenvalue weighted by molar-refractivity contribution is 0.156. The van der Waals surface area contributed by atoms with Gasteiger partial charge in [0.15, 0.2) is 0 Å². The van der Waals surface area contributed by atoms with E-state index in [1.165, 1.54) is 11.3 Å². The van der Waals surface area contributed by atoms with Crippen LogP contribution in [0.3, 0.4) is 0 Å². The van der Waals surface area contributed by atoms with Gasteiger partial charge in [0.05, 0.1) is 8.67 Å². The minimum atomic E-state index is -0.772. The molecule has 0 bridgehead atoms. The number of primary amides is 1. The van der Waals surface area contributed by atoms with Crippen LogP contribution in [0.2, 0.25) is 8.67 Å². The van der Waals surface area contributed by atoms with E-state index in [-0.39, 0.29) is 12.6 Å². The van der Waals surface area contributed by atoms with E-state index in [1.807, 2.05) is 13.0 Å². The largest absolute Gasteiger partial charge is 0.448 e. The Morgan fingerprint density at radius 1 is 1.69 bits per heavy atom. The van der Waals surface area contributed by atoms with Gasteiger partial charge in [0.2, 0.25) is 0 Å². The minimum absolute atomic E-state index is 0.0488. The first-order valence-electron chi connectivity index (χ1n) is 4.61. The SMILES string of the molecule is CC(NCCOC(N)=O)c1cc(Cl)sc1Cl. The molecule has 16 heavy (non-hydrogen) atoms. The maximum atomic E-state index is 10.3. The van der Waals surface area contributed by atoms with Crippen LogP contribution in [0.1, 0.15) is 18.5 Å². The topological polar surface area (TPSA) is 64.3 Å². The van der Waals surface area contributed by atoms with Crippen LogP contribution >= 0.6 is 34.5 Å². The molecule has 7 heteroatoms. The second kappa shape index (κ2) is 6.30. The summed E-state index contributed by atoms with van der Waals surface area (Å²) in [7, 11) is 0. The Morgan fingerprint density at radius 2 is 2.38 bits per heavy atom. The number of rotatable bonds is 5. The summed E-state index contributed by atoms with van der Waals surface area (Å²) in [5.74, 6) is 0. The molecule has 0 saturated carbocycles. The number of amides is 1. The average molecular weight is 283 g/mol. The maximum absolute atomic E-state index is 10.3. The lowest BCUT2D eigenvalue weighted by Crippen LogP contribution is -2.25. The molecule has 1 unspecified atom stereocenters. The summed E-state index contributed by atoms with van der Waals surface area (Å²) in [6, 6.07) is 1.87. The van der Waals surface area contributed by atoms with Crippen LogP contribution in [0.5, 0.6) is 0 Å². The van der Waals surface area contributed by atoms with Crippen molar-refractivity contribution in [2.24, 2.45) is 5.73 Å². The van der Waals surface area contributed by atoms with Crippen molar-refractivity contribution in [2.75, 3.05) is 13.2 Å². The zero-order chi connectivity index (χ0) is 12.1. The second-order valence-electron chi connectivity index (χ2n) is 3.12. The van der Waals surface area contributed by atoms with Crippen LogP contribution in [-0.4, -0.2) is 19.2 Å². The highest BCUT2D eigenvalue weighted by atomic mass is 35.5. The molecule has 1 amide bonds. The molecule has 1 heterocycles. The number of thiophene rings is 1. The molecule has 1 rings (SSSR count). The summed E-state index contributed by atoms with van der Waals surface area (Å²) in [6.45, 7) is 2.69. The van der Waals surface area contributed by atoms with Gasteiger partial charge in [0, 0.05) is 12.6 Å². The van der Waals surface area contributed by atoms with Crippen molar-refractivity contribution >= 4 is 40.6 Å². The molecule has 1 aromatic heterocycles. The van der Waals surface area contributed by atoms with Gasteiger partial charge in [0.1, 0.15) is 6.61 Å². The molecule has 90 valence electrons. The Balaban J connectivity index is 2.38. The van der Waals surface area contributed by atoms with E-state index >= 15 is 0 Å². The number of hydrogen-bond acceptors (Lipinski definition) is 4. The summed E-state index contributed by atoms with van der Waals surface area (Å²) in [5, 5.41) is 3.14. The quantitative estimate of drug-likeness (QED) is 0.817. The van der Waals surface area contributed by atoms with Crippen LogP contribution in [0.15, 0.2) is 6.07 Å². The molecule has 1 atom stereocenters. The van der Waals surface area contributed by atoms with E-state index in [1.54, 1.807) is 0 Å². The van der Waals surface area contributed by atoms with Crippen molar-refractivity contribution in [1.82, 2.24) is 5.32 Å². The van der Waals surface area contributed by atoms with E-state index in [0.29, 0.717) is 15.2 Å². The summed E-state index contributed by atoms with van der Waals surface area (Å²) < 4.78 is 5.91. The van der Waals surface area contributed by atoms with Gasteiger partial charge in [0.25, 0.3) is 0 Å². The van der Waals surface area contributed by atoms with Gasteiger partial charge in [-0.1, -0.05) is 23.2 Å². The Morgan fingerprint density at radius 3 is 2.88 bits per heavy atom. The fraction of sp³-hybridized carbons (Fsp3) is 0.444. The number of carbonyl (C=O) groups is 1. The highest BCUT2D eigenvalue weighted by Gasteiger charge is 2.12. The van der Waals surface area contributed by atoms with Crippen molar-refractivity contribution in [1.29, 1.82) is 0 Å². The molecule has 3 N–H and O–H groups in total. The monoisotopic (exact) mass is 282 g/mol.